The Morgan fingerprint density at radius 2 is 1.70 bits per heavy atom. The number of carbonyl (C=O) groups excluding carboxylic acids is 2. The van der Waals surface area contributed by atoms with Crippen LogP contribution in [0.2, 0.25) is 0 Å². The van der Waals surface area contributed by atoms with Crippen molar-refractivity contribution < 1.29 is 19.1 Å². The number of nitrogens with one attached hydrogen (secondary N) is 2. The minimum Gasteiger partial charge on any atom is -0.464 e. The van der Waals surface area contributed by atoms with Crippen molar-refractivity contribution in [2.24, 2.45) is 0 Å². The van der Waals surface area contributed by atoms with E-state index in [4.69, 9.17) is 9.47 Å². The molecule has 1 atom stereocenters. The Hall–Kier alpha value is -2.50. The van der Waals surface area contributed by atoms with Gasteiger partial charge in [0, 0.05) is 5.70 Å². The summed E-state index contributed by atoms with van der Waals surface area (Å²) < 4.78 is 10.3. The number of hydrogen-bond acceptors (Lipinski definition) is 6. The van der Waals surface area contributed by atoms with Crippen molar-refractivity contribution in [1.29, 1.82) is 0 Å². The van der Waals surface area contributed by atoms with E-state index in [-0.39, 0.29) is 18.8 Å². The van der Waals surface area contributed by atoms with Gasteiger partial charge in [-0.1, -0.05) is 19.1 Å². The predicted octanol–water partition coefficient (Wildman–Crippen LogP) is 2.68. The molecule has 0 fully saturated rings. The summed E-state index contributed by atoms with van der Waals surface area (Å²) in [5, 5.41) is 6.34. The fraction of sp³-hybridized carbons (Fsp3) is 0.412. The summed E-state index contributed by atoms with van der Waals surface area (Å²) in [6.45, 7) is 5.86. The fourth-order valence-electron chi connectivity index (χ4n) is 2.48. The number of carbonyl (C=O) groups is 2. The van der Waals surface area contributed by atoms with E-state index in [1.807, 2.05) is 31.2 Å². The zero-order chi connectivity index (χ0) is 16.8. The first-order valence-electron chi connectivity index (χ1n) is 7.81. The van der Waals surface area contributed by atoms with E-state index in [2.05, 4.69) is 10.6 Å². The molecule has 1 unspecified atom stereocenters. The van der Waals surface area contributed by atoms with Crippen LogP contribution in [0.1, 0.15) is 27.2 Å². The minimum absolute atomic E-state index is 0.238. The first-order chi connectivity index (χ1) is 11.1. The highest BCUT2D eigenvalue weighted by Crippen LogP contribution is 2.31. The normalized spacial score (nSPS) is 16.6. The Labute approximate surface area is 135 Å². The maximum atomic E-state index is 12.4. The van der Waals surface area contributed by atoms with E-state index >= 15 is 0 Å². The molecule has 1 aromatic carbocycles. The highest BCUT2D eigenvalue weighted by Gasteiger charge is 2.35. The summed E-state index contributed by atoms with van der Waals surface area (Å²) in [7, 11) is 0. The molecule has 6 nitrogen and oxygen atoms in total. The van der Waals surface area contributed by atoms with Gasteiger partial charge in [-0.15, -0.1) is 0 Å². The molecule has 1 heterocycles. The second-order valence-electron chi connectivity index (χ2n) is 4.97. The van der Waals surface area contributed by atoms with Crippen LogP contribution in [0.5, 0.6) is 0 Å². The lowest BCUT2D eigenvalue weighted by Crippen LogP contribution is -2.37. The Kier molecular flexibility index (Phi) is 5.62. The molecule has 0 amide bonds. The van der Waals surface area contributed by atoms with Gasteiger partial charge in [0.05, 0.1) is 30.2 Å². The number of fused-ring (bicyclic) bond motifs is 1. The fourth-order valence-corrected chi connectivity index (χ4v) is 2.48. The number of ether oxygens (including phenoxy) is 2. The van der Waals surface area contributed by atoms with E-state index in [1.54, 1.807) is 13.8 Å². The second-order valence-corrected chi connectivity index (χ2v) is 4.97. The van der Waals surface area contributed by atoms with Crippen LogP contribution >= 0.6 is 0 Å². The predicted molar refractivity (Wildman–Crippen MR) is 88.1 cm³/mol. The first kappa shape index (κ1) is 16.9. The Bertz CT molecular complexity index is 625. The molecular formula is C17H22N2O4. The molecule has 23 heavy (non-hydrogen) atoms. The third-order valence-corrected chi connectivity index (χ3v) is 3.50. The molecule has 1 aliphatic rings. The van der Waals surface area contributed by atoms with Crippen molar-refractivity contribution in [2.75, 3.05) is 23.8 Å². The van der Waals surface area contributed by atoms with Crippen LogP contribution in [0.4, 0.5) is 11.4 Å². The van der Waals surface area contributed by atoms with Gasteiger partial charge in [-0.05, 0) is 32.4 Å². The van der Waals surface area contributed by atoms with Gasteiger partial charge in [-0.25, -0.2) is 9.59 Å². The molecule has 124 valence electrons. The molecule has 0 aromatic heterocycles. The lowest BCUT2D eigenvalue weighted by atomic mass is 10.0. The summed E-state index contributed by atoms with van der Waals surface area (Å²) in [6, 6.07) is 6.57. The van der Waals surface area contributed by atoms with Crippen molar-refractivity contribution in [1.82, 2.24) is 0 Å². The van der Waals surface area contributed by atoms with Gasteiger partial charge in [-0.2, -0.15) is 0 Å². The van der Waals surface area contributed by atoms with Crippen LogP contribution in [0.3, 0.4) is 0 Å². The van der Waals surface area contributed by atoms with E-state index < -0.39 is 18.0 Å². The van der Waals surface area contributed by atoms with E-state index in [0.29, 0.717) is 12.1 Å². The zero-order valence-corrected chi connectivity index (χ0v) is 13.6. The summed E-state index contributed by atoms with van der Waals surface area (Å²) in [5.41, 5.74) is 2.46. The van der Waals surface area contributed by atoms with E-state index in [0.717, 1.165) is 11.4 Å². The number of esters is 2. The molecule has 0 spiro atoms. The van der Waals surface area contributed by atoms with Gasteiger partial charge in [0.15, 0.2) is 6.04 Å². The largest absolute Gasteiger partial charge is 0.464 e. The number of hydrogen-bond donors (Lipinski definition) is 2. The molecule has 2 N–H and O–H groups in total. The number of benzene rings is 1. The van der Waals surface area contributed by atoms with Crippen molar-refractivity contribution >= 4 is 23.3 Å². The molecule has 1 aromatic rings. The first-order valence-corrected chi connectivity index (χ1v) is 7.81. The molecular weight excluding hydrogens is 296 g/mol. The molecule has 0 saturated heterocycles. The standard InChI is InChI=1S/C17H22N2O4/c1-4-11-14(16(20)22-5-2)15(17(21)23-6-3)19-13-10-8-7-9-12(13)18-11/h7-10,15,18-19H,4-6H2,1-3H3. The van der Waals surface area contributed by atoms with Gasteiger partial charge in [-0.3, -0.25) is 0 Å². The maximum Gasteiger partial charge on any atom is 0.338 e. The number of allylic oxidation sites excluding steroid dienone is 1. The summed E-state index contributed by atoms with van der Waals surface area (Å²) >= 11 is 0. The summed E-state index contributed by atoms with van der Waals surface area (Å²) in [6.07, 6.45) is 0.556. The third kappa shape index (κ3) is 3.64. The lowest BCUT2D eigenvalue weighted by molar-refractivity contribution is -0.146. The average Bonchev–Trinajstić information content (AvgIpc) is 2.71. The quantitative estimate of drug-likeness (QED) is 0.813. The highest BCUT2D eigenvalue weighted by molar-refractivity contribution is 6.02. The second kappa shape index (κ2) is 7.67. The SMILES string of the molecule is CCOC(=O)C1=C(CC)Nc2ccccc2NC1C(=O)OCC. The number of para-hydroxylation sites is 2. The molecule has 0 saturated carbocycles. The van der Waals surface area contributed by atoms with Crippen molar-refractivity contribution in [3.8, 4) is 0 Å². The van der Waals surface area contributed by atoms with E-state index in [9.17, 15) is 9.59 Å². The van der Waals surface area contributed by atoms with Crippen LogP contribution in [-0.2, 0) is 19.1 Å². The van der Waals surface area contributed by atoms with E-state index in [1.165, 1.54) is 0 Å². The maximum absolute atomic E-state index is 12.4. The van der Waals surface area contributed by atoms with Crippen molar-refractivity contribution in [2.45, 2.75) is 33.2 Å². The Balaban J connectivity index is 2.52. The molecule has 6 heteroatoms. The van der Waals surface area contributed by atoms with Gasteiger partial charge in [0.1, 0.15) is 0 Å². The van der Waals surface area contributed by atoms with Gasteiger partial charge < -0.3 is 20.1 Å². The van der Waals surface area contributed by atoms with Crippen LogP contribution < -0.4 is 10.6 Å². The molecule has 1 aliphatic heterocycles. The number of anilines is 2. The van der Waals surface area contributed by atoms with Crippen LogP contribution in [0, 0.1) is 0 Å². The van der Waals surface area contributed by atoms with Crippen LogP contribution in [0.25, 0.3) is 0 Å². The zero-order valence-electron chi connectivity index (χ0n) is 13.6. The molecule has 0 bridgehead atoms. The van der Waals surface area contributed by atoms with Crippen LogP contribution in [-0.4, -0.2) is 31.2 Å². The average molecular weight is 318 g/mol. The summed E-state index contributed by atoms with van der Waals surface area (Å²) in [4.78, 5) is 24.8. The molecule has 0 aliphatic carbocycles. The van der Waals surface area contributed by atoms with Crippen molar-refractivity contribution in [3.05, 3.63) is 35.5 Å². The minimum atomic E-state index is -0.903. The molecule has 0 radical (unpaired) electrons. The Morgan fingerprint density at radius 3 is 2.30 bits per heavy atom. The van der Waals surface area contributed by atoms with Gasteiger partial charge >= 0.3 is 11.9 Å². The van der Waals surface area contributed by atoms with Crippen molar-refractivity contribution in [3.63, 3.8) is 0 Å². The Morgan fingerprint density at radius 1 is 1.04 bits per heavy atom. The van der Waals surface area contributed by atoms with Crippen LogP contribution in [0.15, 0.2) is 35.5 Å². The summed E-state index contributed by atoms with van der Waals surface area (Å²) in [5.74, 6) is -1.02. The van der Waals surface area contributed by atoms with Gasteiger partial charge in [0.2, 0.25) is 0 Å². The van der Waals surface area contributed by atoms with Gasteiger partial charge in [0.25, 0.3) is 0 Å². The highest BCUT2D eigenvalue weighted by atomic mass is 16.5. The monoisotopic (exact) mass is 318 g/mol. The lowest BCUT2D eigenvalue weighted by Gasteiger charge is -2.20. The topological polar surface area (TPSA) is 76.7 Å². The smallest absolute Gasteiger partial charge is 0.338 e. The number of rotatable bonds is 5. The molecule has 2 rings (SSSR count). The third-order valence-electron chi connectivity index (χ3n) is 3.50.